The van der Waals surface area contributed by atoms with Crippen molar-refractivity contribution in [1.29, 1.82) is 0 Å². The molecule has 2 heterocycles. The molecule has 1 amide bonds. The summed E-state index contributed by atoms with van der Waals surface area (Å²) in [7, 11) is 1.54. The number of thiazole rings is 2. The lowest BCUT2D eigenvalue weighted by Gasteiger charge is -2.11. The predicted molar refractivity (Wildman–Crippen MR) is 120 cm³/mol. The van der Waals surface area contributed by atoms with E-state index in [4.69, 9.17) is 9.47 Å². The molecule has 0 radical (unpaired) electrons. The summed E-state index contributed by atoms with van der Waals surface area (Å²) < 4.78 is 11.2. The van der Waals surface area contributed by atoms with Gasteiger partial charge in [-0.1, -0.05) is 29.8 Å². The standard InChI is InChI=1S/C22H19N3O3S2/c1-14-3-5-15(6-4-14)18-12-30-22(24-18)25-21(26)16-7-8-19(20(9-16)27-2)28-10-17-11-29-13-23-17/h3-9,11-13H,10H2,1-2H3,(H,24,25,26). The van der Waals surface area contributed by atoms with Gasteiger partial charge in [-0.2, -0.15) is 0 Å². The Morgan fingerprint density at radius 2 is 1.93 bits per heavy atom. The van der Waals surface area contributed by atoms with Crippen LogP contribution < -0.4 is 14.8 Å². The molecule has 0 bridgehead atoms. The summed E-state index contributed by atoms with van der Waals surface area (Å²) in [5.74, 6) is 0.777. The van der Waals surface area contributed by atoms with Crippen molar-refractivity contribution >= 4 is 33.7 Å². The summed E-state index contributed by atoms with van der Waals surface area (Å²) in [5.41, 5.74) is 6.10. The number of carbonyl (C=O) groups excluding carboxylic acids is 1. The maximum Gasteiger partial charge on any atom is 0.257 e. The van der Waals surface area contributed by atoms with E-state index < -0.39 is 0 Å². The first-order valence-corrected chi connectivity index (χ1v) is 11.0. The summed E-state index contributed by atoms with van der Waals surface area (Å²) in [4.78, 5) is 21.4. The number of rotatable bonds is 7. The van der Waals surface area contributed by atoms with Crippen molar-refractivity contribution in [3.05, 3.63) is 75.6 Å². The van der Waals surface area contributed by atoms with Crippen molar-refractivity contribution in [3.8, 4) is 22.8 Å². The van der Waals surface area contributed by atoms with Gasteiger partial charge in [0.05, 0.1) is 24.0 Å². The molecule has 0 saturated heterocycles. The number of benzene rings is 2. The summed E-state index contributed by atoms with van der Waals surface area (Å²) in [5, 5.41) is 7.24. The van der Waals surface area contributed by atoms with E-state index in [1.807, 2.05) is 41.9 Å². The number of nitrogens with one attached hydrogen (secondary N) is 1. The van der Waals surface area contributed by atoms with E-state index in [-0.39, 0.29) is 5.91 Å². The lowest BCUT2D eigenvalue weighted by Crippen LogP contribution is -2.12. The van der Waals surface area contributed by atoms with Crippen LogP contribution in [0.1, 0.15) is 21.6 Å². The van der Waals surface area contributed by atoms with Crippen LogP contribution in [0.15, 0.2) is 58.7 Å². The van der Waals surface area contributed by atoms with Crippen LogP contribution in [0.4, 0.5) is 5.13 Å². The molecule has 0 atom stereocenters. The lowest BCUT2D eigenvalue weighted by atomic mass is 10.1. The third kappa shape index (κ3) is 4.67. The smallest absolute Gasteiger partial charge is 0.257 e. The van der Waals surface area contributed by atoms with Crippen molar-refractivity contribution in [2.75, 3.05) is 12.4 Å². The second kappa shape index (κ2) is 9.06. The number of carbonyl (C=O) groups is 1. The Hall–Kier alpha value is -3.23. The quantitative estimate of drug-likeness (QED) is 0.418. The van der Waals surface area contributed by atoms with Gasteiger partial charge in [-0.05, 0) is 25.1 Å². The normalized spacial score (nSPS) is 10.6. The molecule has 4 rings (SSSR count). The third-order valence-electron chi connectivity index (χ3n) is 4.36. The number of ether oxygens (including phenoxy) is 2. The molecule has 2 aromatic heterocycles. The van der Waals surface area contributed by atoms with Crippen LogP contribution in [0.3, 0.4) is 0 Å². The minimum atomic E-state index is -0.260. The summed E-state index contributed by atoms with van der Waals surface area (Å²) in [6.45, 7) is 2.38. The maximum absolute atomic E-state index is 12.7. The molecule has 6 nitrogen and oxygen atoms in total. The SMILES string of the molecule is COc1cc(C(=O)Nc2nc(-c3ccc(C)cc3)cs2)ccc1OCc1cscn1. The van der Waals surface area contributed by atoms with Crippen LogP contribution in [0.2, 0.25) is 0 Å². The van der Waals surface area contributed by atoms with Crippen LogP contribution in [-0.2, 0) is 6.61 Å². The van der Waals surface area contributed by atoms with Gasteiger partial charge in [-0.15, -0.1) is 22.7 Å². The Balaban J connectivity index is 1.45. The molecule has 0 aliphatic rings. The minimum absolute atomic E-state index is 0.260. The third-order valence-corrected chi connectivity index (χ3v) is 5.75. The van der Waals surface area contributed by atoms with E-state index in [1.165, 1.54) is 28.2 Å². The van der Waals surface area contributed by atoms with Crippen molar-refractivity contribution < 1.29 is 14.3 Å². The van der Waals surface area contributed by atoms with Gasteiger partial charge >= 0.3 is 0 Å². The van der Waals surface area contributed by atoms with Crippen molar-refractivity contribution in [1.82, 2.24) is 9.97 Å². The molecule has 8 heteroatoms. The van der Waals surface area contributed by atoms with Crippen LogP contribution in [0.25, 0.3) is 11.3 Å². The predicted octanol–water partition coefficient (Wildman–Crippen LogP) is 5.41. The molecule has 0 aliphatic carbocycles. The second-order valence-electron chi connectivity index (χ2n) is 6.49. The number of aryl methyl sites for hydroxylation is 1. The Bertz CT molecular complexity index is 1140. The van der Waals surface area contributed by atoms with Gasteiger partial charge in [-0.25, -0.2) is 9.97 Å². The molecule has 152 valence electrons. The fraction of sp³-hybridized carbons (Fsp3) is 0.136. The first-order chi connectivity index (χ1) is 14.6. The Labute approximate surface area is 182 Å². The Morgan fingerprint density at radius 1 is 1.10 bits per heavy atom. The number of nitrogens with zero attached hydrogens (tertiary/aromatic N) is 2. The topological polar surface area (TPSA) is 73.3 Å². The van der Waals surface area contributed by atoms with Gasteiger partial charge in [0.1, 0.15) is 6.61 Å². The fourth-order valence-corrected chi connectivity index (χ4v) is 4.00. The first-order valence-electron chi connectivity index (χ1n) is 9.14. The lowest BCUT2D eigenvalue weighted by molar-refractivity contribution is 0.102. The molecular formula is C22H19N3O3S2. The molecule has 0 aliphatic heterocycles. The second-order valence-corrected chi connectivity index (χ2v) is 8.07. The van der Waals surface area contributed by atoms with Gasteiger partial charge < -0.3 is 9.47 Å². The minimum Gasteiger partial charge on any atom is -0.493 e. The van der Waals surface area contributed by atoms with Crippen molar-refractivity contribution in [2.45, 2.75) is 13.5 Å². The number of amides is 1. The number of anilines is 1. The van der Waals surface area contributed by atoms with E-state index in [9.17, 15) is 4.79 Å². The first kappa shape index (κ1) is 20.1. The average Bonchev–Trinajstić information content (AvgIpc) is 3.45. The van der Waals surface area contributed by atoms with Crippen molar-refractivity contribution in [3.63, 3.8) is 0 Å². The monoisotopic (exact) mass is 437 g/mol. The summed E-state index contributed by atoms with van der Waals surface area (Å²) in [6.07, 6.45) is 0. The maximum atomic E-state index is 12.7. The fourth-order valence-electron chi connectivity index (χ4n) is 2.75. The summed E-state index contributed by atoms with van der Waals surface area (Å²) >= 11 is 2.90. The van der Waals surface area contributed by atoms with Gasteiger partial charge in [0.15, 0.2) is 16.6 Å². The zero-order chi connectivity index (χ0) is 20.9. The molecule has 1 N–H and O–H groups in total. The van der Waals surface area contributed by atoms with E-state index in [2.05, 4.69) is 15.3 Å². The van der Waals surface area contributed by atoms with Crippen molar-refractivity contribution in [2.24, 2.45) is 0 Å². The number of methoxy groups -OCH3 is 1. The van der Waals surface area contributed by atoms with E-state index >= 15 is 0 Å². The molecule has 30 heavy (non-hydrogen) atoms. The zero-order valence-corrected chi connectivity index (χ0v) is 18.0. The highest BCUT2D eigenvalue weighted by Crippen LogP contribution is 2.30. The van der Waals surface area contributed by atoms with E-state index in [1.54, 1.807) is 30.8 Å². The van der Waals surface area contributed by atoms with Crippen LogP contribution >= 0.6 is 22.7 Å². The van der Waals surface area contributed by atoms with Gasteiger partial charge in [0, 0.05) is 21.9 Å². The molecule has 0 spiro atoms. The van der Waals surface area contributed by atoms with Gasteiger partial charge in [-0.3, -0.25) is 10.1 Å². The van der Waals surface area contributed by atoms with Crippen LogP contribution in [0, 0.1) is 6.92 Å². The number of hydrogen-bond acceptors (Lipinski definition) is 7. The molecule has 0 saturated carbocycles. The largest absolute Gasteiger partial charge is 0.493 e. The Morgan fingerprint density at radius 3 is 2.67 bits per heavy atom. The van der Waals surface area contributed by atoms with E-state index in [0.29, 0.717) is 28.8 Å². The highest BCUT2D eigenvalue weighted by molar-refractivity contribution is 7.14. The van der Waals surface area contributed by atoms with Crippen LogP contribution in [0.5, 0.6) is 11.5 Å². The molecule has 0 fully saturated rings. The molecule has 4 aromatic rings. The molecular weight excluding hydrogens is 418 g/mol. The van der Waals surface area contributed by atoms with Gasteiger partial charge in [0.25, 0.3) is 5.91 Å². The number of hydrogen-bond donors (Lipinski definition) is 1. The van der Waals surface area contributed by atoms with Gasteiger partial charge in [0.2, 0.25) is 0 Å². The average molecular weight is 438 g/mol. The Kier molecular flexibility index (Phi) is 6.06. The molecule has 2 aromatic carbocycles. The summed E-state index contributed by atoms with van der Waals surface area (Å²) in [6, 6.07) is 13.2. The van der Waals surface area contributed by atoms with E-state index in [0.717, 1.165) is 17.0 Å². The highest BCUT2D eigenvalue weighted by atomic mass is 32.1. The van der Waals surface area contributed by atoms with Crippen LogP contribution in [-0.4, -0.2) is 23.0 Å². The zero-order valence-electron chi connectivity index (χ0n) is 16.4. The molecule has 0 unspecified atom stereocenters. The number of aromatic nitrogens is 2. The highest BCUT2D eigenvalue weighted by Gasteiger charge is 2.14.